The van der Waals surface area contributed by atoms with Gasteiger partial charge in [0.1, 0.15) is 17.4 Å². The molecule has 2 saturated carbocycles. The summed E-state index contributed by atoms with van der Waals surface area (Å²) in [6.07, 6.45) is 9.17. The van der Waals surface area contributed by atoms with Gasteiger partial charge in [0.15, 0.2) is 5.65 Å². The molecule has 1 aromatic carbocycles. The van der Waals surface area contributed by atoms with Crippen LogP contribution in [-0.2, 0) is 0 Å². The Hall–Kier alpha value is -3.40. The van der Waals surface area contributed by atoms with Crippen LogP contribution in [-0.4, -0.2) is 48.7 Å². The number of H-pyrrole nitrogens is 1. The smallest absolute Gasteiger partial charge is 0.270 e. The summed E-state index contributed by atoms with van der Waals surface area (Å²) in [5.74, 6) is -1.85. The van der Waals surface area contributed by atoms with Crippen molar-refractivity contribution in [2.45, 2.75) is 74.8 Å². The first-order valence-electron chi connectivity index (χ1n) is 13.2. The van der Waals surface area contributed by atoms with E-state index in [9.17, 15) is 8.78 Å². The van der Waals surface area contributed by atoms with Crippen LogP contribution < -0.4 is 11.1 Å². The first-order valence-corrected chi connectivity index (χ1v) is 13.2. The number of anilines is 1. The Morgan fingerprint density at radius 1 is 1.14 bits per heavy atom. The average molecular weight is 507 g/mol. The van der Waals surface area contributed by atoms with E-state index in [2.05, 4.69) is 61.1 Å². The summed E-state index contributed by atoms with van der Waals surface area (Å²) < 4.78 is 29.6. The molecule has 3 aromatic heterocycles. The first kappa shape index (κ1) is 24.0. The van der Waals surface area contributed by atoms with Gasteiger partial charge in [-0.2, -0.15) is 5.10 Å². The maximum atomic E-state index is 14.1. The zero-order chi connectivity index (χ0) is 25.4. The molecule has 10 heteroatoms. The SMILES string of the molecule is Nc1cc(C(CCNC2CCC(c3ccccc3)CC2)c2cnn(C3CCC3(F)F)c2)c2nn[nH]c2n1. The highest BCUT2D eigenvalue weighted by Crippen LogP contribution is 2.47. The van der Waals surface area contributed by atoms with Gasteiger partial charge in [-0.3, -0.25) is 4.68 Å². The molecule has 6 rings (SSSR count). The monoisotopic (exact) mass is 506 g/mol. The van der Waals surface area contributed by atoms with Crippen LogP contribution in [0.1, 0.15) is 79.5 Å². The molecule has 4 aromatic rings. The van der Waals surface area contributed by atoms with Crippen LogP contribution in [0, 0.1) is 0 Å². The Labute approximate surface area is 214 Å². The Balaban J connectivity index is 1.17. The number of halogens is 2. The topological polar surface area (TPSA) is 110 Å². The van der Waals surface area contributed by atoms with Gasteiger partial charge < -0.3 is 11.1 Å². The molecule has 0 aliphatic heterocycles. The van der Waals surface area contributed by atoms with Gasteiger partial charge in [-0.25, -0.2) is 18.9 Å². The lowest BCUT2D eigenvalue weighted by Crippen LogP contribution is -2.40. The molecule has 8 nitrogen and oxygen atoms in total. The zero-order valence-electron chi connectivity index (χ0n) is 20.7. The number of alkyl halides is 2. The third kappa shape index (κ3) is 4.82. The van der Waals surface area contributed by atoms with Crippen LogP contribution in [0.3, 0.4) is 0 Å². The van der Waals surface area contributed by atoms with Crippen LogP contribution in [0.15, 0.2) is 48.8 Å². The van der Waals surface area contributed by atoms with Crippen molar-refractivity contribution >= 4 is 17.0 Å². The van der Waals surface area contributed by atoms with Crippen LogP contribution >= 0.6 is 0 Å². The van der Waals surface area contributed by atoms with E-state index in [1.54, 1.807) is 12.4 Å². The molecule has 2 aliphatic rings. The van der Waals surface area contributed by atoms with E-state index in [1.165, 1.54) is 23.1 Å². The van der Waals surface area contributed by atoms with Crippen molar-refractivity contribution in [3.05, 3.63) is 65.5 Å². The van der Waals surface area contributed by atoms with Gasteiger partial charge in [0.2, 0.25) is 0 Å². The molecule has 2 unspecified atom stereocenters. The summed E-state index contributed by atoms with van der Waals surface area (Å²) in [5, 5.41) is 19.0. The van der Waals surface area contributed by atoms with Crippen molar-refractivity contribution in [2.24, 2.45) is 0 Å². The lowest BCUT2D eigenvalue weighted by atomic mass is 9.81. The fraction of sp³-hybridized carbons (Fsp3) is 0.481. The van der Waals surface area contributed by atoms with Gasteiger partial charge in [0.25, 0.3) is 5.92 Å². The molecule has 3 heterocycles. The maximum Gasteiger partial charge on any atom is 0.270 e. The Morgan fingerprint density at radius 2 is 1.95 bits per heavy atom. The summed E-state index contributed by atoms with van der Waals surface area (Å²) in [6, 6.07) is 12.2. The van der Waals surface area contributed by atoms with Crippen LogP contribution in [0.25, 0.3) is 11.2 Å². The van der Waals surface area contributed by atoms with E-state index in [-0.39, 0.29) is 12.3 Å². The second kappa shape index (κ2) is 9.81. The van der Waals surface area contributed by atoms with Crippen molar-refractivity contribution < 1.29 is 8.78 Å². The average Bonchev–Trinajstić information content (AvgIpc) is 3.56. The summed E-state index contributed by atoms with van der Waals surface area (Å²) in [5.41, 5.74) is 10.4. The normalized spacial score (nSPS) is 24.1. The van der Waals surface area contributed by atoms with Gasteiger partial charge in [-0.15, -0.1) is 5.10 Å². The number of aromatic nitrogens is 6. The van der Waals surface area contributed by atoms with Gasteiger partial charge in [0, 0.05) is 24.6 Å². The lowest BCUT2D eigenvalue weighted by Gasteiger charge is -2.36. The first-order chi connectivity index (χ1) is 18.0. The Bertz CT molecular complexity index is 1340. The number of rotatable bonds is 8. The number of pyridine rings is 1. The van der Waals surface area contributed by atoms with Crippen molar-refractivity contribution in [2.75, 3.05) is 12.3 Å². The van der Waals surface area contributed by atoms with Gasteiger partial charge in [0.05, 0.1) is 6.20 Å². The van der Waals surface area contributed by atoms with Crippen molar-refractivity contribution in [1.29, 1.82) is 0 Å². The van der Waals surface area contributed by atoms with Gasteiger partial charge in [-0.05, 0) is 73.7 Å². The molecular weight excluding hydrogens is 474 g/mol. The zero-order valence-corrected chi connectivity index (χ0v) is 20.7. The van der Waals surface area contributed by atoms with E-state index < -0.39 is 12.0 Å². The highest BCUT2D eigenvalue weighted by molar-refractivity contribution is 5.77. The maximum absolute atomic E-state index is 14.1. The Morgan fingerprint density at radius 3 is 2.68 bits per heavy atom. The third-order valence-corrected chi connectivity index (χ3v) is 8.17. The minimum atomic E-state index is -2.71. The Kier molecular flexibility index (Phi) is 6.36. The largest absolute Gasteiger partial charge is 0.384 e. The van der Waals surface area contributed by atoms with E-state index in [0.717, 1.165) is 36.9 Å². The number of nitrogens with one attached hydrogen (secondary N) is 2. The summed E-state index contributed by atoms with van der Waals surface area (Å²) in [7, 11) is 0. The van der Waals surface area contributed by atoms with Gasteiger partial charge >= 0.3 is 0 Å². The van der Waals surface area contributed by atoms with Crippen LogP contribution in [0.2, 0.25) is 0 Å². The number of hydrogen-bond acceptors (Lipinski definition) is 6. The number of nitrogens with two attached hydrogens (primary N) is 1. The van der Waals surface area contributed by atoms with E-state index >= 15 is 0 Å². The fourth-order valence-electron chi connectivity index (χ4n) is 5.96. The predicted molar refractivity (Wildman–Crippen MR) is 137 cm³/mol. The van der Waals surface area contributed by atoms with E-state index in [4.69, 9.17) is 5.73 Å². The summed E-state index contributed by atoms with van der Waals surface area (Å²) >= 11 is 0. The molecule has 0 radical (unpaired) electrons. The minimum Gasteiger partial charge on any atom is -0.384 e. The molecule has 2 aliphatic carbocycles. The van der Waals surface area contributed by atoms with Crippen molar-refractivity contribution in [1.82, 2.24) is 35.5 Å². The number of nitrogens with zero attached hydrogens (tertiary/aromatic N) is 5. The van der Waals surface area contributed by atoms with Gasteiger partial charge in [-0.1, -0.05) is 35.5 Å². The second-order valence-electron chi connectivity index (χ2n) is 10.5. The van der Waals surface area contributed by atoms with Crippen molar-refractivity contribution in [3.8, 4) is 0 Å². The minimum absolute atomic E-state index is 0.0901. The lowest BCUT2D eigenvalue weighted by molar-refractivity contribution is -0.126. The molecule has 194 valence electrons. The van der Waals surface area contributed by atoms with E-state index in [1.807, 2.05) is 6.07 Å². The number of fused-ring (bicyclic) bond motifs is 1. The standard InChI is InChI=1S/C27H32F2N8/c28-27(29)12-10-23(27)37-16-19(15-32-37)21(22-14-24(30)33-26-25(22)34-36-35-26)11-13-31-20-8-6-18(7-9-20)17-4-2-1-3-5-17/h1-5,14-16,18,20-21,23,31H,6-13H2,(H3,30,33,34,35,36). The molecule has 2 atom stereocenters. The molecule has 2 fully saturated rings. The highest BCUT2D eigenvalue weighted by Gasteiger charge is 2.50. The summed E-state index contributed by atoms with van der Waals surface area (Å²) in [6.45, 7) is 0.775. The molecule has 0 saturated heterocycles. The van der Waals surface area contributed by atoms with Crippen LogP contribution in [0.5, 0.6) is 0 Å². The van der Waals surface area contributed by atoms with Crippen molar-refractivity contribution in [3.63, 3.8) is 0 Å². The molecule has 4 N–H and O–H groups in total. The second-order valence-corrected chi connectivity index (χ2v) is 10.5. The molecule has 37 heavy (non-hydrogen) atoms. The number of benzene rings is 1. The molecular formula is C27H32F2N8. The van der Waals surface area contributed by atoms with E-state index in [0.29, 0.717) is 35.4 Å². The van der Waals surface area contributed by atoms with Crippen LogP contribution in [0.4, 0.5) is 14.6 Å². The molecule has 0 bridgehead atoms. The number of nitrogen functional groups attached to an aromatic ring is 1. The summed E-state index contributed by atoms with van der Waals surface area (Å²) in [4.78, 5) is 4.29. The molecule has 0 amide bonds. The highest BCUT2D eigenvalue weighted by atomic mass is 19.3. The number of aromatic amines is 1. The quantitative estimate of drug-likeness (QED) is 0.312. The molecule has 0 spiro atoms. The number of hydrogen-bond donors (Lipinski definition) is 3. The predicted octanol–water partition coefficient (Wildman–Crippen LogP) is 4.94. The fourth-order valence-corrected chi connectivity index (χ4v) is 5.96. The third-order valence-electron chi connectivity index (χ3n) is 8.17.